The van der Waals surface area contributed by atoms with Gasteiger partial charge in [-0.1, -0.05) is 39.7 Å². The number of hydrogen-bond acceptors (Lipinski definition) is 4. The second-order valence-corrected chi connectivity index (χ2v) is 6.03. The van der Waals surface area contributed by atoms with Gasteiger partial charge in [-0.05, 0) is 35.9 Å². The van der Waals surface area contributed by atoms with Crippen LogP contribution >= 0.6 is 27.5 Å². The fraction of sp³-hybridized carbons (Fsp3) is 0.0625. The summed E-state index contributed by atoms with van der Waals surface area (Å²) in [6.07, 6.45) is 3.46. The summed E-state index contributed by atoms with van der Waals surface area (Å²) in [5, 5.41) is 6.72. The van der Waals surface area contributed by atoms with E-state index in [0.29, 0.717) is 10.8 Å². The minimum atomic E-state index is 0.649. The molecule has 110 valence electrons. The maximum absolute atomic E-state index is 5.94. The Hall–Kier alpha value is -1.98. The molecule has 4 nitrogen and oxygen atoms in total. The maximum atomic E-state index is 5.94. The Morgan fingerprint density at radius 3 is 2.68 bits per heavy atom. The van der Waals surface area contributed by atoms with Crippen LogP contribution in [0, 0.1) is 0 Å². The van der Waals surface area contributed by atoms with Crippen molar-refractivity contribution in [2.75, 3.05) is 12.1 Å². The Bertz CT molecular complexity index is 833. The van der Waals surface area contributed by atoms with E-state index >= 15 is 0 Å². The van der Waals surface area contributed by atoms with Gasteiger partial charge in [0.05, 0.1) is 23.4 Å². The molecule has 6 heteroatoms. The average molecular weight is 376 g/mol. The smallest absolute Gasteiger partial charge is 0.167 e. The zero-order valence-electron chi connectivity index (χ0n) is 11.7. The highest BCUT2D eigenvalue weighted by atomic mass is 79.9. The third kappa shape index (κ3) is 3.43. The summed E-state index contributed by atoms with van der Waals surface area (Å²) in [4.78, 5) is 8.89. The van der Waals surface area contributed by atoms with Crippen LogP contribution in [-0.2, 0) is 0 Å². The first-order valence-electron chi connectivity index (χ1n) is 6.57. The topological polar surface area (TPSA) is 41.4 Å². The van der Waals surface area contributed by atoms with E-state index in [9.17, 15) is 0 Å². The minimum absolute atomic E-state index is 0.649. The molecule has 0 N–H and O–H groups in total. The van der Waals surface area contributed by atoms with E-state index < -0.39 is 0 Å². The van der Waals surface area contributed by atoms with Crippen molar-refractivity contribution in [2.24, 2.45) is 5.10 Å². The van der Waals surface area contributed by atoms with E-state index in [1.54, 1.807) is 29.6 Å². The van der Waals surface area contributed by atoms with E-state index in [4.69, 9.17) is 11.6 Å². The molecule has 22 heavy (non-hydrogen) atoms. The summed E-state index contributed by atoms with van der Waals surface area (Å²) >= 11 is 9.35. The molecule has 0 aliphatic rings. The van der Waals surface area contributed by atoms with Crippen molar-refractivity contribution in [1.82, 2.24) is 9.97 Å². The Kier molecular flexibility index (Phi) is 4.36. The Morgan fingerprint density at radius 2 is 1.91 bits per heavy atom. The van der Waals surface area contributed by atoms with Crippen LogP contribution in [0.1, 0.15) is 5.56 Å². The molecule has 0 amide bonds. The number of benzene rings is 2. The summed E-state index contributed by atoms with van der Waals surface area (Å²) in [5.41, 5.74) is 2.56. The number of hydrogen-bond donors (Lipinski definition) is 0. The molecule has 0 spiro atoms. The van der Waals surface area contributed by atoms with Gasteiger partial charge in [0.15, 0.2) is 5.82 Å². The lowest BCUT2D eigenvalue weighted by molar-refractivity contribution is 0.981. The number of fused-ring (bicyclic) bond motifs is 1. The molecule has 3 aromatic rings. The number of hydrazone groups is 1. The van der Waals surface area contributed by atoms with Crippen LogP contribution in [0.25, 0.3) is 11.0 Å². The first kappa shape index (κ1) is 14.9. The van der Waals surface area contributed by atoms with Crippen molar-refractivity contribution in [3.05, 3.63) is 63.7 Å². The van der Waals surface area contributed by atoms with Crippen molar-refractivity contribution < 1.29 is 0 Å². The lowest BCUT2D eigenvalue weighted by Crippen LogP contribution is -2.11. The number of aromatic nitrogens is 2. The molecule has 3 rings (SSSR count). The molecule has 0 aliphatic carbocycles. The van der Waals surface area contributed by atoms with Crippen LogP contribution in [0.5, 0.6) is 0 Å². The predicted molar refractivity (Wildman–Crippen MR) is 94.7 cm³/mol. The molecule has 0 unspecified atom stereocenters. The molecule has 0 saturated heterocycles. The van der Waals surface area contributed by atoms with Crippen molar-refractivity contribution in [1.29, 1.82) is 0 Å². The van der Waals surface area contributed by atoms with E-state index in [0.717, 1.165) is 21.1 Å². The first-order chi connectivity index (χ1) is 10.6. The van der Waals surface area contributed by atoms with Gasteiger partial charge in [-0.3, -0.25) is 4.98 Å². The fourth-order valence-electron chi connectivity index (χ4n) is 1.89. The van der Waals surface area contributed by atoms with Crippen molar-refractivity contribution in [3.63, 3.8) is 0 Å². The second kappa shape index (κ2) is 6.42. The second-order valence-electron chi connectivity index (χ2n) is 4.68. The SMILES string of the molecule is CN(/N=C/c1ccc(Br)cc1)c1cnc2cc(Cl)ccc2n1. The number of rotatable bonds is 3. The molecule has 0 aliphatic heterocycles. The zero-order chi connectivity index (χ0) is 15.5. The van der Waals surface area contributed by atoms with E-state index in [-0.39, 0.29) is 0 Å². The number of halogens is 2. The molecule has 0 radical (unpaired) electrons. The lowest BCUT2D eigenvalue weighted by atomic mass is 10.2. The van der Waals surface area contributed by atoms with Gasteiger partial charge in [0, 0.05) is 16.5 Å². The summed E-state index contributed by atoms with van der Waals surface area (Å²) in [6.45, 7) is 0. The minimum Gasteiger partial charge on any atom is -0.251 e. The van der Waals surface area contributed by atoms with Gasteiger partial charge in [0.25, 0.3) is 0 Å². The third-order valence-corrected chi connectivity index (χ3v) is 3.84. The van der Waals surface area contributed by atoms with Gasteiger partial charge in [-0.15, -0.1) is 0 Å². The predicted octanol–water partition coefficient (Wildman–Crippen LogP) is 4.52. The van der Waals surface area contributed by atoms with Gasteiger partial charge in [-0.2, -0.15) is 5.10 Å². The summed E-state index contributed by atoms with van der Waals surface area (Å²) in [5.74, 6) is 0.670. The zero-order valence-corrected chi connectivity index (χ0v) is 14.1. The first-order valence-corrected chi connectivity index (χ1v) is 7.74. The van der Waals surface area contributed by atoms with Gasteiger partial charge >= 0.3 is 0 Å². The molecule has 0 atom stereocenters. The number of anilines is 1. The molecule has 0 fully saturated rings. The molecular formula is C16H12BrClN4. The Balaban J connectivity index is 1.83. The van der Waals surface area contributed by atoms with Gasteiger partial charge in [-0.25, -0.2) is 9.99 Å². The molecule has 1 heterocycles. The fourth-order valence-corrected chi connectivity index (χ4v) is 2.32. The highest BCUT2D eigenvalue weighted by Gasteiger charge is 2.04. The normalized spacial score (nSPS) is 11.2. The van der Waals surface area contributed by atoms with E-state index in [2.05, 4.69) is 31.0 Å². The molecule has 0 saturated carbocycles. The van der Waals surface area contributed by atoms with Crippen LogP contribution in [0.4, 0.5) is 5.82 Å². The number of nitrogens with zero attached hydrogens (tertiary/aromatic N) is 4. The standard InChI is InChI=1S/C16H12BrClN4/c1-22(20-9-11-2-4-12(17)5-3-11)16-10-19-15-8-13(18)6-7-14(15)21-16/h2-10H,1H3/b20-9+. The molecule has 0 bridgehead atoms. The van der Waals surface area contributed by atoms with Crippen molar-refractivity contribution >= 4 is 50.6 Å². The van der Waals surface area contributed by atoms with Gasteiger partial charge < -0.3 is 0 Å². The van der Waals surface area contributed by atoms with E-state index in [1.807, 2.05) is 37.4 Å². The van der Waals surface area contributed by atoms with Gasteiger partial charge in [0.2, 0.25) is 0 Å². The summed E-state index contributed by atoms with van der Waals surface area (Å²) in [6, 6.07) is 13.3. The third-order valence-electron chi connectivity index (χ3n) is 3.07. The Morgan fingerprint density at radius 1 is 1.14 bits per heavy atom. The van der Waals surface area contributed by atoms with Crippen molar-refractivity contribution in [2.45, 2.75) is 0 Å². The van der Waals surface area contributed by atoms with Gasteiger partial charge in [0.1, 0.15) is 0 Å². The summed E-state index contributed by atoms with van der Waals surface area (Å²) < 4.78 is 1.04. The van der Waals surface area contributed by atoms with E-state index in [1.165, 1.54) is 0 Å². The van der Waals surface area contributed by atoms with Crippen LogP contribution in [0.15, 0.2) is 58.2 Å². The maximum Gasteiger partial charge on any atom is 0.167 e. The highest BCUT2D eigenvalue weighted by molar-refractivity contribution is 9.10. The molecule has 2 aromatic carbocycles. The monoisotopic (exact) mass is 374 g/mol. The van der Waals surface area contributed by atoms with Crippen LogP contribution < -0.4 is 5.01 Å². The van der Waals surface area contributed by atoms with Crippen LogP contribution in [-0.4, -0.2) is 23.2 Å². The quantitative estimate of drug-likeness (QED) is 0.499. The Labute approximate surface area is 141 Å². The van der Waals surface area contributed by atoms with Crippen molar-refractivity contribution in [3.8, 4) is 0 Å². The largest absolute Gasteiger partial charge is 0.251 e. The summed E-state index contributed by atoms with van der Waals surface area (Å²) in [7, 11) is 1.83. The van der Waals surface area contributed by atoms with Crippen LogP contribution in [0.2, 0.25) is 5.02 Å². The lowest BCUT2D eigenvalue weighted by Gasteiger charge is -2.11. The average Bonchev–Trinajstić information content (AvgIpc) is 2.53. The molecular weight excluding hydrogens is 364 g/mol. The molecule has 1 aromatic heterocycles. The van der Waals surface area contributed by atoms with Crippen LogP contribution in [0.3, 0.4) is 0 Å². The highest BCUT2D eigenvalue weighted by Crippen LogP contribution is 2.18.